The Kier molecular flexibility index (Phi) is 6.50. The van der Waals surface area contributed by atoms with Crippen molar-refractivity contribution >= 4 is 23.4 Å². The summed E-state index contributed by atoms with van der Waals surface area (Å²) in [5, 5.41) is 1.67. The van der Waals surface area contributed by atoms with Crippen LogP contribution >= 0.6 is 23.4 Å². The fourth-order valence-corrected chi connectivity index (χ4v) is 4.42. The van der Waals surface area contributed by atoms with Gasteiger partial charge in [-0.1, -0.05) is 42.4 Å². The van der Waals surface area contributed by atoms with Gasteiger partial charge in [0.05, 0.1) is 11.4 Å². The molecule has 4 aromatic rings. The zero-order valence-corrected chi connectivity index (χ0v) is 18.1. The Bertz CT molecular complexity index is 1110. The van der Waals surface area contributed by atoms with E-state index in [2.05, 4.69) is 16.5 Å². The van der Waals surface area contributed by atoms with Gasteiger partial charge in [-0.15, -0.1) is 0 Å². The highest BCUT2D eigenvalue weighted by molar-refractivity contribution is 7.98. The van der Waals surface area contributed by atoms with Crippen molar-refractivity contribution < 1.29 is 4.39 Å². The Labute approximate surface area is 185 Å². The lowest BCUT2D eigenvalue weighted by molar-refractivity contribution is 0.626. The van der Waals surface area contributed by atoms with E-state index >= 15 is 0 Å². The summed E-state index contributed by atoms with van der Waals surface area (Å²) in [5.74, 6) is 0.533. The molecule has 0 unspecified atom stereocenters. The Balaban J connectivity index is 1.79. The molecule has 6 heteroatoms. The van der Waals surface area contributed by atoms with Gasteiger partial charge < -0.3 is 4.57 Å². The number of rotatable bonds is 7. The van der Waals surface area contributed by atoms with E-state index < -0.39 is 0 Å². The first-order chi connectivity index (χ1) is 14.7. The third-order valence-electron chi connectivity index (χ3n) is 4.73. The monoisotopic (exact) mass is 437 g/mol. The molecule has 0 saturated carbocycles. The van der Waals surface area contributed by atoms with Gasteiger partial charge in [0.15, 0.2) is 5.16 Å². The van der Waals surface area contributed by atoms with Crippen molar-refractivity contribution in [3.8, 4) is 22.5 Å². The van der Waals surface area contributed by atoms with Crippen LogP contribution in [0.5, 0.6) is 0 Å². The Morgan fingerprint density at radius 3 is 2.30 bits per heavy atom. The lowest BCUT2D eigenvalue weighted by atomic mass is 10.1. The van der Waals surface area contributed by atoms with E-state index in [4.69, 9.17) is 16.6 Å². The molecule has 152 valence electrons. The average Bonchev–Trinajstić information content (AvgIpc) is 3.13. The average molecular weight is 438 g/mol. The predicted octanol–water partition coefficient (Wildman–Crippen LogP) is 7.11. The highest BCUT2D eigenvalue weighted by Gasteiger charge is 2.20. The first kappa shape index (κ1) is 20.6. The number of imidazole rings is 1. The summed E-state index contributed by atoms with van der Waals surface area (Å²) in [5.41, 5.74) is 5.01. The van der Waals surface area contributed by atoms with Crippen molar-refractivity contribution in [2.45, 2.75) is 30.8 Å². The number of halogens is 2. The van der Waals surface area contributed by atoms with Gasteiger partial charge in [-0.05, 0) is 60.5 Å². The minimum absolute atomic E-state index is 0.255. The Morgan fingerprint density at radius 1 is 0.933 bits per heavy atom. The number of aromatic nitrogens is 3. The van der Waals surface area contributed by atoms with E-state index in [-0.39, 0.29) is 5.82 Å². The van der Waals surface area contributed by atoms with Gasteiger partial charge in [-0.2, -0.15) is 0 Å². The lowest BCUT2D eigenvalue weighted by Crippen LogP contribution is -2.02. The van der Waals surface area contributed by atoms with Crippen molar-refractivity contribution in [3.63, 3.8) is 0 Å². The molecule has 0 N–H and O–H groups in total. The molecule has 0 aliphatic rings. The number of pyridine rings is 1. The largest absolute Gasteiger partial charge is 0.318 e. The summed E-state index contributed by atoms with van der Waals surface area (Å²) in [6.07, 6.45) is 4.55. The van der Waals surface area contributed by atoms with Crippen LogP contribution in [0.3, 0.4) is 0 Å². The fourth-order valence-electron chi connectivity index (χ4n) is 3.31. The normalized spacial score (nSPS) is 11.0. The van der Waals surface area contributed by atoms with E-state index in [0.29, 0.717) is 0 Å². The number of hydrogen-bond donors (Lipinski definition) is 0. The number of benzene rings is 2. The SMILES string of the molecule is CCCn1c(SCc2ccc(Cl)cc2)nc(-c2ccc(F)cc2)c1-c1ccncc1. The molecular formula is C24H21ClFN3S. The van der Waals surface area contributed by atoms with Crippen molar-refractivity contribution in [1.29, 1.82) is 0 Å². The molecule has 0 aliphatic heterocycles. The molecule has 30 heavy (non-hydrogen) atoms. The van der Waals surface area contributed by atoms with E-state index in [9.17, 15) is 4.39 Å². The van der Waals surface area contributed by atoms with Gasteiger partial charge in [-0.25, -0.2) is 9.37 Å². The van der Waals surface area contributed by atoms with Crippen molar-refractivity contribution in [3.05, 3.63) is 89.5 Å². The van der Waals surface area contributed by atoms with Crippen LogP contribution in [0.25, 0.3) is 22.5 Å². The van der Waals surface area contributed by atoms with Crippen molar-refractivity contribution in [1.82, 2.24) is 14.5 Å². The summed E-state index contributed by atoms with van der Waals surface area (Å²) in [6, 6.07) is 18.4. The third-order valence-corrected chi connectivity index (χ3v) is 6.03. The summed E-state index contributed by atoms with van der Waals surface area (Å²) in [4.78, 5) is 9.15. The van der Waals surface area contributed by atoms with E-state index in [1.165, 1.54) is 17.7 Å². The van der Waals surface area contributed by atoms with E-state index in [0.717, 1.165) is 51.4 Å². The van der Waals surface area contributed by atoms with Crippen molar-refractivity contribution in [2.24, 2.45) is 0 Å². The van der Waals surface area contributed by atoms with Gasteiger partial charge in [0.25, 0.3) is 0 Å². The summed E-state index contributed by atoms with van der Waals surface area (Å²) < 4.78 is 15.8. The molecule has 0 atom stereocenters. The smallest absolute Gasteiger partial charge is 0.169 e. The fraction of sp³-hybridized carbons (Fsp3) is 0.167. The molecule has 0 fully saturated rings. The highest BCUT2D eigenvalue weighted by atomic mass is 35.5. The van der Waals surface area contributed by atoms with Crippen LogP contribution in [0.15, 0.2) is 78.2 Å². The number of hydrogen-bond acceptors (Lipinski definition) is 3. The van der Waals surface area contributed by atoms with Crippen LogP contribution in [-0.4, -0.2) is 14.5 Å². The molecule has 0 amide bonds. The number of nitrogens with zero attached hydrogens (tertiary/aromatic N) is 3. The maximum absolute atomic E-state index is 13.5. The molecule has 0 radical (unpaired) electrons. The van der Waals surface area contributed by atoms with Gasteiger partial charge in [-0.3, -0.25) is 4.98 Å². The second-order valence-corrected chi connectivity index (χ2v) is 8.28. The maximum Gasteiger partial charge on any atom is 0.169 e. The van der Waals surface area contributed by atoms with Crippen LogP contribution in [-0.2, 0) is 12.3 Å². The molecule has 0 bridgehead atoms. The Hall–Kier alpha value is -2.63. The van der Waals surface area contributed by atoms with Crippen LogP contribution < -0.4 is 0 Å². The van der Waals surface area contributed by atoms with Crippen LogP contribution in [0.1, 0.15) is 18.9 Å². The maximum atomic E-state index is 13.5. The van der Waals surface area contributed by atoms with Crippen molar-refractivity contribution in [2.75, 3.05) is 0 Å². The summed E-state index contributed by atoms with van der Waals surface area (Å²) >= 11 is 7.70. The van der Waals surface area contributed by atoms with Gasteiger partial charge in [0.1, 0.15) is 5.82 Å². The Morgan fingerprint density at radius 2 is 1.63 bits per heavy atom. The molecule has 4 rings (SSSR count). The first-order valence-electron chi connectivity index (χ1n) is 9.80. The molecule has 0 saturated heterocycles. The lowest BCUT2D eigenvalue weighted by Gasteiger charge is -2.12. The molecule has 3 nitrogen and oxygen atoms in total. The number of thioether (sulfide) groups is 1. The van der Waals surface area contributed by atoms with Gasteiger partial charge in [0.2, 0.25) is 0 Å². The van der Waals surface area contributed by atoms with Crippen LogP contribution in [0, 0.1) is 5.82 Å². The zero-order chi connectivity index (χ0) is 20.9. The minimum Gasteiger partial charge on any atom is -0.318 e. The van der Waals surface area contributed by atoms with Crippen LogP contribution in [0.4, 0.5) is 4.39 Å². The molecular weight excluding hydrogens is 417 g/mol. The molecule has 2 aromatic carbocycles. The van der Waals surface area contributed by atoms with E-state index in [1.807, 2.05) is 36.4 Å². The summed E-state index contributed by atoms with van der Waals surface area (Å²) in [6.45, 7) is 3.00. The standard InChI is InChI=1S/C24H21ClFN3S/c1-2-15-29-23(19-11-13-27-14-12-19)22(18-5-9-21(26)10-6-18)28-24(29)30-16-17-3-7-20(25)8-4-17/h3-14H,2,15-16H2,1H3. The molecule has 0 spiro atoms. The second-order valence-electron chi connectivity index (χ2n) is 6.90. The van der Waals surface area contributed by atoms with Gasteiger partial charge >= 0.3 is 0 Å². The van der Waals surface area contributed by atoms with Crippen LogP contribution in [0.2, 0.25) is 5.02 Å². The topological polar surface area (TPSA) is 30.7 Å². The zero-order valence-electron chi connectivity index (χ0n) is 16.6. The molecule has 2 aromatic heterocycles. The summed E-state index contributed by atoms with van der Waals surface area (Å²) in [7, 11) is 0. The first-order valence-corrected chi connectivity index (χ1v) is 11.2. The van der Waals surface area contributed by atoms with Gasteiger partial charge in [0, 0.05) is 40.8 Å². The predicted molar refractivity (Wildman–Crippen MR) is 122 cm³/mol. The molecule has 0 aliphatic carbocycles. The molecule has 2 heterocycles. The quantitative estimate of drug-likeness (QED) is 0.289. The minimum atomic E-state index is -0.255. The second kappa shape index (κ2) is 9.45. The van der Waals surface area contributed by atoms with E-state index in [1.54, 1.807) is 36.3 Å². The third kappa shape index (κ3) is 4.58. The highest BCUT2D eigenvalue weighted by Crippen LogP contribution is 2.37.